The Morgan fingerprint density at radius 1 is 1.00 bits per heavy atom. The molecular weight excluding hydrogens is 397 g/mol. The van der Waals surface area contributed by atoms with Gasteiger partial charge in [-0.15, -0.1) is 0 Å². The second kappa shape index (κ2) is 17.3. The Balaban J connectivity index is 0. The van der Waals surface area contributed by atoms with Gasteiger partial charge in [0.1, 0.15) is 0 Å². The minimum Gasteiger partial charge on any atom is 0 e. The summed E-state index contributed by atoms with van der Waals surface area (Å²) in [6, 6.07) is 0. The van der Waals surface area contributed by atoms with Gasteiger partial charge in [0, 0.05) is 83.6 Å². The van der Waals surface area contributed by atoms with Crippen molar-refractivity contribution in [1.29, 1.82) is 0 Å². The van der Waals surface area contributed by atoms with E-state index < -0.39 is 0 Å². The molecule has 0 amide bonds. The Bertz CT molecular complexity index is 8.00. The minimum absolute atomic E-state index is 0. The summed E-state index contributed by atoms with van der Waals surface area (Å²) in [5, 5.41) is 0. The third-order valence-corrected chi connectivity index (χ3v) is 0. The first-order chi connectivity index (χ1) is 0. The number of hydrogen-bond donors (Lipinski definition) is 0. The maximum atomic E-state index is 0. The molecule has 0 spiro atoms. The van der Waals surface area contributed by atoms with Gasteiger partial charge < -0.3 is 0 Å². The normalized spacial score (nSPS) is 0. The summed E-state index contributed by atoms with van der Waals surface area (Å²) < 4.78 is 0. The molecule has 0 aromatic carbocycles. The van der Waals surface area contributed by atoms with Crippen LogP contribution in [0.3, 0.4) is 0 Å². The van der Waals surface area contributed by atoms with Crippen LogP contribution in [0.1, 0.15) is 0 Å². The smallest absolute Gasteiger partial charge is 0 e. The van der Waals surface area contributed by atoms with E-state index in [1.54, 1.807) is 0 Å². The van der Waals surface area contributed by atoms with Gasteiger partial charge in [-0.3, -0.25) is 0 Å². The van der Waals surface area contributed by atoms with Gasteiger partial charge in [-0.1, -0.05) is 0 Å². The molecule has 0 fully saturated rings. The first-order valence-electron chi connectivity index (χ1n) is 0. The summed E-state index contributed by atoms with van der Waals surface area (Å²) in [5.74, 6) is 0. The molecule has 12 radical (unpaired) electrons. The van der Waals surface area contributed by atoms with Crippen molar-refractivity contribution >= 4 is 83.6 Å². The number of hydrogen-bond acceptors (Lipinski definition) is 0. The van der Waals surface area contributed by atoms with Crippen LogP contribution in [0.2, 0.25) is 0 Å². The Labute approximate surface area is 82.3 Å². The monoisotopic (exact) mass is 400 g/mol. The van der Waals surface area contributed by atoms with Gasteiger partial charge in [0.25, 0.3) is 0 Å². The van der Waals surface area contributed by atoms with Gasteiger partial charge in [-0.05, 0) is 0 Å². The molecule has 0 bridgehead atoms. The van der Waals surface area contributed by atoms with E-state index in [4.69, 9.17) is 0 Å². The van der Waals surface area contributed by atoms with Crippen molar-refractivity contribution in [2.75, 3.05) is 0 Å². The molecule has 0 rings (SSSR count). The summed E-state index contributed by atoms with van der Waals surface area (Å²) in [7, 11) is 0. The summed E-state index contributed by atoms with van der Waals surface area (Å²) in [6.07, 6.45) is 0. The van der Waals surface area contributed by atoms with Crippen LogP contribution in [0.4, 0.5) is 0 Å². The van der Waals surface area contributed by atoms with E-state index in [1.165, 1.54) is 0 Å². The van der Waals surface area contributed by atoms with E-state index in [2.05, 4.69) is 0 Å². The van der Waals surface area contributed by atoms with Crippen LogP contribution < -0.4 is 0 Å². The maximum absolute atomic E-state index is 0. The molecule has 0 nitrogen and oxygen atoms in total. The van der Waals surface area contributed by atoms with Gasteiger partial charge in [0.15, 0.2) is 0 Å². The van der Waals surface area contributed by atoms with Crippen molar-refractivity contribution in [3.05, 3.63) is 0 Å². The van der Waals surface area contributed by atoms with Gasteiger partial charge in [-0.2, -0.15) is 0 Å². The Kier molecular flexibility index (Phi) is 128. The summed E-state index contributed by atoms with van der Waals surface area (Å²) in [5.41, 5.74) is 0. The zero-order valence-electron chi connectivity index (χ0n) is 1.80. The molecule has 20 valence electrons. The van der Waals surface area contributed by atoms with Crippen molar-refractivity contribution in [2.45, 2.75) is 0 Å². The predicted octanol–water partition coefficient (Wildman–Crippen LogP) is -1.52. The molecule has 0 aliphatic rings. The molecule has 0 aliphatic heterocycles. The first-order valence-corrected chi connectivity index (χ1v) is 0. The molecule has 0 aromatic rings. The zero-order chi connectivity index (χ0) is 0. The van der Waals surface area contributed by atoms with E-state index in [-0.39, 0.29) is 83.6 Å². The van der Waals surface area contributed by atoms with Crippen LogP contribution in [0.15, 0.2) is 0 Å². The van der Waals surface area contributed by atoms with E-state index in [1.807, 2.05) is 0 Å². The second-order valence-electron chi connectivity index (χ2n) is 0. The molecule has 0 atom stereocenters. The van der Waals surface area contributed by atoms with E-state index in [0.29, 0.717) is 0 Å². The fourth-order valence-corrected chi connectivity index (χ4v) is 0. The third-order valence-electron chi connectivity index (χ3n) is 0. The van der Waals surface area contributed by atoms with Crippen LogP contribution in [0, 0.1) is 0 Å². The molecule has 4 heteroatoms. The van der Waals surface area contributed by atoms with Gasteiger partial charge in [0.2, 0.25) is 0 Å². The molecule has 0 saturated carbocycles. The van der Waals surface area contributed by atoms with Crippen molar-refractivity contribution in [3.63, 3.8) is 0 Å². The van der Waals surface area contributed by atoms with Crippen LogP contribution in [-0.2, 0) is 0 Å². The topological polar surface area (TPSA) is 0 Å². The summed E-state index contributed by atoms with van der Waals surface area (Å²) in [4.78, 5) is 0. The average Bonchev–Trinajstić information content (AvgIpc) is 0. The fraction of sp³-hybridized carbons (Fsp3) is 0. The average molecular weight is 397 g/mol. The fourth-order valence-electron chi connectivity index (χ4n) is 0. The van der Waals surface area contributed by atoms with Crippen LogP contribution >= 0.6 is 0 Å². The first kappa shape index (κ1) is 29.8. The number of rotatable bonds is 0. The van der Waals surface area contributed by atoms with Gasteiger partial charge >= 0.3 is 0 Å². The molecule has 0 aliphatic carbocycles. The van der Waals surface area contributed by atoms with Crippen LogP contribution in [0.5, 0.6) is 0 Å². The Hall–Kier alpha value is 2.71. The predicted molar refractivity (Wildman–Crippen MR) is 23.0 cm³/mol. The molecule has 0 unspecified atom stereocenters. The van der Waals surface area contributed by atoms with Crippen molar-refractivity contribution in [2.24, 2.45) is 0 Å². The van der Waals surface area contributed by atoms with Gasteiger partial charge in [-0.25, -0.2) is 0 Å². The molecule has 0 heterocycles. The molecule has 0 saturated heterocycles. The third kappa shape index (κ3) is 8.83. The van der Waals surface area contributed by atoms with E-state index >= 15 is 0 Å². The van der Waals surface area contributed by atoms with E-state index in [9.17, 15) is 0 Å². The van der Waals surface area contributed by atoms with Crippen molar-refractivity contribution in [3.8, 4) is 0 Å². The molecule has 4 heavy (non-hydrogen) atoms. The Morgan fingerprint density at radius 2 is 1.00 bits per heavy atom. The Morgan fingerprint density at radius 3 is 1.00 bits per heavy atom. The molecular formula is AsGeSbTe. The summed E-state index contributed by atoms with van der Waals surface area (Å²) in [6.45, 7) is 0. The SMILES string of the molecule is [As].[Ge].[Sb].[Te]. The molecule has 0 N–H and O–H groups in total. The van der Waals surface area contributed by atoms with Gasteiger partial charge in [0.05, 0.1) is 0 Å². The van der Waals surface area contributed by atoms with E-state index in [0.717, 1.165) is 0 Å². The quantitative estimate of drug-likeness (QED) is 0.436. The van der Waals surface area contributed by atoms with Crippen molar-refractivity contribution in [1.82, 2.24) is 0 Å². The van der Waals surface area contributed by atoms with Crippen LogP contribution in [-0.4, -0.2) is 83.6 Å². The summed E-state index contributed by atoms with van der Waals surface area (Å²) >= 11 is 0. The van der Waals surface area contributed by atoms with Crippen LogP contribution in [0.25, 0.3) is 0 Å². The zero-order valence-corrected chi connectivity index (χ0v) is 10.7. The molecule has 0 aromatic heterocycles. The standard InChI is InChI=1S/As.Ge.Sb.Te. The second-order valence-corrected chi connectivity index (χ2v) is 0. The maximum Gasteiger partial charge on any atom is 0 e. The minimum atomic E-state index is 0. The van der Waals surface area contributed by atoms with Crippen molar-refractivity contribution < 1.29 is 0 Å². The largest absolute Gasteiger partial charge is 0 e.